The molecule has 3 nitrogen and oxygen atoms in total. The summed E-state index contributed by atoms with van der Waals surface area (Å²) in [6, 6.07) is 2.84. The number of hydrogen-bond acceptors (Lipinski definition) is 2. The minimum Gasteiger partial charge on any atom is -0.325 e. The summed E-state index contributed by atoms with van der Waals surface area (Å²) < 4.78 is 2.22. The van der Waals surface area contributed by atoms with Crippen LogP contribution in [0.5, 0.6) is 0 Å². The highest BCUT2D eigenvalue weighted by Crippen LogP contribution is 2.31. The fourth-order valence-corrected chi connectivity index (χ4v) is 4.16. The summed E-state index contributed by atoms with van der Waals surface area (Å²) >= 11 is 0. The van der Waals surface area contributed by atoms with Crippen LogP contribution in [0.3, 0.4) is 0 Å². The minimum atomic E-state index is -0.0174. The second kappa shape index (κ2) is 6.51. The molecule has 1 aromatic rings. The summed E-state index contributed by atoms with van der Waals surface area (Å²) in [4.78, 5) is 0. The zero-order valence-corrected chi connectivity index (χ0v) is 13.6. The highest BCUT2D eigenvalue weighted by atomic mass is 15.3. The lowest BCUT2D eigenvalue weighted by Crippen LogP contribution is -2.41. The van der Waals surface area contributed by atoms with E-state index in [4.69, 9.17) is 10.8 Å². The van der Waals surface area contributed by atoms with Crippen LogP contribution in [0.2, 0.25) is 0 Å². The Morgan fingerprint density at radius 2 is 1.95 bits per heavy atom. The Labute approximate surface area is 129 Å². The molecule has 0 spiro atoms. The first kappa shape index (κ1) is 15.1. The Morgan fingerprint density at radius 1 is 1.14 bits per heavy atom. The van der Waals surface area contributed by atoms with Crippen LogP contribution in [0.15, 0.2) is 12.3 Å². The standard InChI is InChI=1S/C18H31N3/c1-15-6-5-11-18(19,12-9-15)14-16-10-13-21(20-16)17-7-3-2-4-8-17/h10,13,15,17H,2-9,11-12,14,19H2,1H3. The first-order valence-corrected chi connectivity index (χ1v) is 8.98. The molecule has 0 radical (unpaired) electrons. The van der Waals surface area contributed by atoms with Crippen molar-refractivity contribution < 1.29 is 0 Å². The van der Waals surface area contributed by atoms with Crippen molar-refractivity contribution in [3.63, 3.8) is 0 Å². The number of nitrogens with zero attached hydrogens (tertiary/aromatic N) is 2. The second-order valence-electron chi connectivity index (χ2n) is 7.65. The molecule has 0 aromatic carbocycles. The molecular formula is C18H31N3. The maximum atomic E-state index is 6.69. The van der Waals surface area contributed by atoms with E-state index in [0.29, 0.717) is 6.04 Å². The molecule has 3 rings (SSSR count). The third-order valence-electron chi connectivity index (χ3n) is 5.65. The monoisotopic (exact) mass is 289 g/mol. The van der Waals surface area contributed by atoms with Crippen LogP contribution in [-0.4, -0.2) is 15.3 Å². The predicted octanol–water partition coefficient (Wildman–Crippen LogP) is 4.23. The number of rotatable bonds is 3. The molecule has 2 unspecified atom stereocenters. The number of nitrogens with two attached hydrogens (primary N) is 1. The molecule has 1 aromatic heterocycles. The van der Waals surface area contributed by atoms with E-state index in [1.807, 2.05) is 0 Å². The van der Waals surface area contributed by atoms with Gasteiger partial charge >= 0.3 is 0 Å². The quantitative estimate of drug-likeness (QED) is 0.846. The Balaban J connectivity index is 1.63. The average Bonchev–Trinajstić information content (AvgIpc) is 2.87. The molecule has 2 fully saturated rings. The third-order valence-corrected chi connectivity index (χ3v) is 5.65. The van der Waals surface area contributed by atoms with E-state index in [1.54, 1.807) is 0 Å². The minimum absolute atomic E-state index is 0.0174. The van der Waals surface area contributed by atoms with Gasteiger partial charge < -0.3 is 5.73 Å². The van der Waals surface area contributed by atoms with Crippen LogP contribution in [0.4, 0.5) is 0 Å². The maximum absolute atomic E-state index is 6.69. The van der Waals surface area contributed by atoms with Gasteiger partial charge in [-0.05, 0) is 44.1 Å². The van der Waals surface area contributed by atoms with Crippen molar-refractivity contribution >= 4 is 0 Å². The van der Waals surface area contributed by atoms with Crippen LogP contribution < -0.4 is 5.73 Å². The lowest BCUT2D eigenvalue weighted by Gasteiger charge is -2.27. The number of hydrogen-bond donors (Lipinski definition) is 1. The van der Waals surface area contributed by atoms with Crippen LogP contribution in [0.1, 0.15) is 82.9 Å². The summed E-state index contributed by atoms with van der Waals surface area (Å²) in [6.45, 7) is 2.36. The molecule has 118 valence electrons. The van der Waals surface area contributed by atoms with E-state index in [0.717, 1.165) is 25.2 Å². The molecule has 21 heavy (non-hydrogen) atoms. The van der Waals surface area contributed by atoms with E-state index in [9.17, 15) is 0 Å². The molecule has 2 atom stereocenters. The van der Waals surface area contributed by atoms with Crippen LogP contribution >= 0.6 is 0 Å². The van der Waals surface area contributed by atoms with E-state index in [1.165, 1.54) is 57.1 Å². The largest absolute Gasteiger partial charge is 0.325 e. The summed E-state index contributed by atoms with van der Waals surface area (Å²) in [6.07, 6.45) is 16.1. The zero-order valence-electron chi connectivity index (χ0n) is 13.6. The zero-order chi connectivity index (χ0) is 14.7. The van der Waals surface area contributed by atoms with Gasteiger partial charge in [-0.15, -0.1) is 0 Å². The Bertz CT molecular complexity index is 447. The van der Waals surface area contributed by atoms with Crippen molar-refractivity contribution in [1.29, 1.82) is 0 Å². The van der Waals surface area contributed by atoms with Gasteiger partial charge in [0.25, 0.3) is 0 Å². The first-order valence-electron chi connectivity index (χ1n) is 8.98. The van der Waals surface area contributed by atoms with Crippen molar-refractivity contribution in [3.05, 3.63) is 18.0 Å². The van der Waals surface area contributed by atoms with Gasteiger partial charge in [-0.3, -0.25) is 4.68 Å². The fourth-order valence-electron chi connectivity index (χ4n) is 4.16. The highest BCUT2D eigenvalue weighted by molar-refractivity contribution is 5.07. The van der Waals surface area contributed by atoms with Gasteiger partial charge in [-0.25, -0.2) is 0 Å². The topological polar surface area (TPSA) is 43.8 Å². The van der Waals surface area contributed by atoms with Crippen LogP contribution in [0.25, 0.3) is 0 Å². The molecular weight excluding hydrogens is 258 g/mol. The molecule has 2 N–H and O–H groups in total. The molecule has 0 amide bonds. The van der Waals surface area contributed by atoms with Gasteiger partial charge in [0.1, 0.15) is 0 Å². The van der Waals surface area contributed by atoms with Crippen molar-refractivity contribution in [2.45, 2.75) is 89.1 Å². The van der Waals surface area contributed by atoms with Gasteiger partial charge in [0, 0.05) is 18.2 Å². The van der Waals surface area contributed by atoms with Crippen molar-refractivity contribution in [2.24, 2.45) is 11.7 Å². The van der Waals surface area contributed by atoms with E-state index >= 15 is 0 Å². The molecule has 0 aliphatic heterocycles. The highest BCUT2D eigenvalue weighted by Gasteiger charge is 2.29. The smallest absolute Gasteiger partial charge is 0.0643 e. The van der Waals surface area contributed by atoms with Crippen LogP contribution in [0, 0.1) is 5.92 Å². The Morgan fingerprint density at radius 3 is 2.76 bits per heavy atom. The van der Waals surface area contributed by atoms with Gasteiger partial charge in [0.2, 0.25) is 0 Å². The van der Waals surface area contributed by atoms with E-state index in [-0.39, 0.29) is 5.54 Å². The Kier molecular flexibility index (Phi) is 4.68. The Hall–Kier alpha value is -0.830. The van der Waals surface area contributed by atoms with Crippen molar-refractivity contribution in [2.75, 3.05) is 0 Å². The van der Waals surface area contributed by atoms with Gasteiger partial charge in [-0.2, -0.15) is 5.10 Å². The summed E-state index contributed by atoms with van der Waals surface area (Å²) in [5.74, 6) is 0.843. The van der Waals surface area contributed by atoms with Gasteiger partial charge in [0.05, 0.1) is 11.7 Å². The second-order valence-corrected chi connectivity index (χ2v) is 7.65. The van der Waals surface area contributed by atoms with Crippen molar-refractivity contribution in [3.8, 4) is 0 Å². The first-order chi connectivity index (χ1) is 10.1. The average molecular weight is 289 g/mol. The molecule has 3 heteroatoms. The molecule has 0 saturated heterocycles. The van der Waals surface area contributed by atoms with Crippen LogP contribution in [-0.2, 0) is 6.42 Å². The summed E-state index contributed by atoms with van der Waals surface area (Å²) in [7, 11) is 0. The molecule has 2 saturated carbocycles. The molecule has 2 aliphatic carbocycles. The SMILES string of the molecule is CC1CCCC(N)(Cc2ccn(C3CCCCC3)n2)CC1. The number of aromatic nitrogens is 2. The lowest BCUT2D eigenvalue weighted by atomic mass is 9.86. The molecule has 1 heterocycles. The summed E-state index contributed by atoms with van der Waals surface area (Å²) in [5.41, 5.74) is 7.88. The molecule has 2 aliphatic rings. The third kappa shape index (κ3) is 3.88. The van der Waals surface area contributed by atoms with E-state index < -0.39 is 0 Å². The van der Waals surface area contributed by atoms with Gasteiger partial charge in [-0.1, -0.05) is 39.0 Å². The fraction of sp³-hybridized carbons (Fsp3) is 0.833. The molecule has 0 bridgehead atoms. The van der Waals surface area contributed by atoms with Gasteiger partial charge in [0.15, 0.2) is 0 Å². The van der Waals surface area contributed by atoms with Crippen molar-refractivity contribution in [1.82, 2.24) is 9.78 Å². The maximum Gasteiger partial charge on any atom is 0.0643 e. The predicted molar refractivity (Wildman–Crippen MR) is 87.2 cm³/mol. The summed E-state index contributed by atoms with van der Waals surface area (Å²) in [5, 5.41) is 4.86. The normalized spacial score (nSPS) is 32.0. The van der Waals surface area contributed by atoms with E-state index in [2.05, 4.69) is 23.9 Å². The lowest BCUT2D eigenvalue weighted by molar-refractivity contribution is 0.322.